The van der Waals surface area contributed by atoms with Crippen LogP contribution in [0.15, 0.2) is 24.3 Å². The topological polar surface area (TPSA) is 69.6 Å². The summed E-state index contributed by atoms with van der Waals surface area (Å²) in [6.45, 7) is 4.12. The number of unbranched alkanes of at least 4 members (excludes halogenated alkanes) is 18. The number of hydrogen-bond acceptors (Lipinski definition) is 3. The third-order valence-corrected chi connectivity index (χ3v) is 6.94. The number of nitrogens with one attached hydrogen (secondary N) is 1. The molecular weight excluding hydrogens is 446 g/mol. The Morgan fingerprint density at radius 3 is 1.61 bits per heavy atom. The molecule has 0 saturated carbocycles. The molecule has 1 amide bonds. The Morgan fingerprint density at radius 2 is 1.08 bits per heavy atom. The summed E-state index contributed by atoms with van der Waals surface area (Å²) in [6.07, 6.45) is 34.6. The van der Waals surface area contributed by atoms with E-state index in [-0.39, 0.29) is 12.5 Å². The fraction of sp³-hybridized carbons (Fsp3) is 0.844. The molecule has 0 aromatic rings. The summed E-state index contributed by atoms with van der Waals surface area (Å²) in [5, 5.41) is 22.4. The molecule has 0 rings (SSSR count). The second kappa shape index (κ2) is 28.4. The molecule has 2 atom stereocenters. The van der Waals surface area contributed by atoms with Crippen LogP contribution in [0.3, 0.4) is 0 Å². The van der Waals surface area contributed by atoms with Crippen LogP contribution >= 0.6 is 0 Å². The molecule has 0 fully saturated rings. The minimum absolute atomic E-state index is 0.100. The molecule has 0 saturated heterocycles. The number of allylic oxidation sites excluding steroid dienone is 3. The Balaban J connectivity index is 3.53. The molecule has 3 N–H and O–H groups in total. The average molecular weight is 508 g/mol. The predicted octanol–water partition coefficient (Wildman–Crippen LogP) is 8.56. The van der Waals surface area contributed by atoms with Gasteiger partial charge in [0.05, 0.1) is 18.8 Å². The highest BCUT2D eigenvalue weighted by atomic mass is 16.3. The lowest BCUT2D eigenvalue weighted by molar-refractivity contribution is -0.123. The fourth-order valence-electron chi connectivity index (χ4n) is 4.48. The highest BCUT2D eigenvalue weighted by Crippen LogP contribution is 2.14. The van der Waals surface area contributed by atoms with Gasteiger partial charge in [0, 0.05) is 6.42 Å². The molecule has 0 aliphatic heterocycles. The molecule has 4 nitrogen and oxygen atoms in total. The molecule has 0 spiro atoms. The lowest BCUT2D eigenvalue weighted by atomic mass is 10.0. The number of hydrogen-bond donors (Lipinski definition) is 3. The van der Waals surface area contributed by atoms with Gasteiger partial charge in [0.1, 0.15) is 0 Å². The minimum Gasteiger partial charge on any atom is -0.394 e. The van der Waals surface area contributed by atoms with Gasteiger partial charge in [0.2, 0.25) is 5.91 Å². The minimum atomic E-state index is -0.852. The van der Waals surface area contributed by atoms with E-state index in [2.05, 4.69) is 31.3 Å². The Kier molecular flexibility index (Phi) is 27.5. The van der Waals surface area contributed by atoms with Gasteiger partial charge in [-0.3, -0.25) is 4.79 Å². The van der Waals surface area contributed by atoms with Crippen molar-refractivity contribution in [2.45, 2.75) is 167 Å². The molecule has 2 unspecified atom stereocenters. The lowest BCUT2D eigenvalue weighted by Gasteiger charge is -2.19. The molecule has 0 aromatic carbocycles. The van der Waals surface area contributed by atoms with Crippen molar-refractivity contribution in [2.24, 2.45) is 0 Å². The Bertz CT molecular complexity index is 518. The molecule has 0 aliphatic rings. The first-order valence-corrected chi connectivity index (χ1v) is 15.6. The number of amides is 1. The summed E-state index contributed by atoms with van der Waals surface area (Å²) in [5.41, 5.74) is 0. The SMILES string of the molecule is CCCCCCCCCCCCCCCCC/C=C/CC/C=C/C(O)C(CO)NC(=O)CCCCC. The summed E-state index contributed by atoms with van der Waals surface area (Å²) in [6, 6.07) is -0.629. The summed E-state index contributed by atoms with van der Waals surface area (Å²) in [4.78, 5) is 11.9. The van der Waals surface area contributed by atoms with Gasteiger partial charge in [-0.2, -0.15) is 0 Å². The van der Waals surface area contributed by atoms with Crippen molar-refractivity contribution in [1.29, 1.82) is 0 Å². The van der Waals surface area contributed by atoms with Crippen molar-refractivity contribution in [3.05, 3.63) is 24.3 Å². The van der Waals surface area contributed by atoms with E-state index in [9.17, 15) is 15.0 Å². The Morgan fingerprint density at radius 1 is 0.639 bits per heavy atom. The van der Waals surface area contributed by atoms with E-state index in [0.29, 0.717) is 6.42 Å². The zero-order valence-corrected chi connectivity index (χ0v) is 24.0. The van der Waals surface area contributed by atoms with Gasteiger partial charge >= 0.3 is 0 Å². The average Bonchev–Trinajstić information content (AvgIpc) is 2.88. The maximum atomic E-state index is 11.9. The normalized spacial score (nSPS) is 13.6. The summed E-state index contributed by atoms with van der Waals surface area (Å²) in [5.74, 6) is -0.100. The van der Waals surface area contributed by atoms with Crippen molar-refractivity contribution in [1.82, 2.24) is 5.32 Å². The fourth-order valence-corrected chi connectivity index (χ4v) is 4.48. The second-order valence-corrected chi connectivity index (χ2v) is 10.5. The van der Waals surface area contributed by atoms with Crippen molar-refractivity contribution >= 4 is 5.91 Å². The van der Waals surface area contributed by atoms with Gasteiger partial charge in [0.15, 0.2) is 0 Å². The van der Waals surface area contributed by atoms with Crippen molar-refractivity contribution < 1.29 is 15.0 Å². The zero-order chi connectivity index (χ0) is 26.5. The van der Waals surface area contributed by atoms with E-state index in [0.717, 1.165) is 38.5 Å². The monoisotopic (exact) mass is 507 g/mol. The molecule has 36 heavy (non-hydrogen) atoms. The standard InChI is InChI=1S/C32H61NO3/c1-3-5-7-8-9-10-11-12-13-14-15-16-17-18-19-20-21-22-23-24-26-27-31(35)30(29-34)33-32(36)28-25-6-4-2/h21-22,26-27,30-31,34-35H,3-20,23-25,28-29H2,1-2H3,(H,33,36)/b22-21+,27-26+. The Hall–Kier alpha value is -1.13. The molecule has 212 valence electrons. The first-order chi connectivity index (χ1) is 17.7. The molecule has 0 aliphatic carbocycles. The Labute approximate surface area is 224 Å². The van der Waals surface area contributed by atoms with Crippen LogP contribution in [0, 0.1) is 0 Å². The second-order valence-electron chi connectivity index (χ2n) is 10.5. The van der Waals surface area contributed by atoms with Crippen LogP contribution in [0.5, 0.6) is 0 Å². The highest BCUT2D eigenvalue weighted by Gasteiger charge is 2.17. The predicted molar refractivity (Wildman–Crippen MR) is 156 cm³/mol. The van der Waals surface area contributed by atoms with E-state index >= 15 is 0 Å². The van der Waals surface area contributed by atoms with Crippen molar-refractivity contribution in [2.75, 3.05) is 6.61 Å². The van der Waals surface area contributed by atoms with Gasteiger partial charge in [-0.15, -0.1) is 0 Å². The summed E-state index contributed by atoms with van der Waals surface area (Å²) < 4.78 is 0. The van der Waals surface area contributed by atoms with Gasteiger partial charge in [-0.25, -0.2) is 0 Å². The first-order valence-electron chi connectivity index (χ1n) is 15.6. The molecule has 0 aromatic heterocycles. The largest absolute Gasteiger partial charge is 0.394 e. The van der Waals surface area contributed by atoms with Crippen LogP contribution in [0.25, 0.3) is 0 Å². The van der Waals surface area contributed by atoms with E-state index < -0.39 is 12.1 Å². The molecule has 0 radical (unpaired) electrons. The third kappa shape index (κ3) is 24.6. The van der Waals surface area contributed by atoms with E-state index in [1.807, 2.05) is 6.08 Å². The van der Waals surface area contributed by atoms with Crippen LogP contribution in [-0.4, -0.2) is 34.9 Å². The number of rotatable bonds is 27. The molecule has 0 bridgehead atoms. The summed E-state index contributed by atoms with van der Waals surface area (Å²) >= 11 is 0. The van der Waals surface area contributed by atoms with Crippen LogP contribution in [-0.2, 0) is 4.79 Å². The van der Waals surface area contributed by atoms with Gasteiger partial charge in [-0.05, 0) is 32.1 Å². The molecule has 4 heteroatoms. The van der Waals surface area contributed by atoms with Gasteiger partial charge in [-0.1, -0.05) is 141 Å². The molecular formula is C32H61NO3. The number of carbonyl (C=O) groups is 1. The zero-order valence-electron chi connectivity index (χ0n) is 24.0. The van der Waals surface area contributed by atoms with Crippen molar-refractivity contribution in [3.8, 4) is 0 Å². The third-order valence-electron chi connectivity index (χ3n) is 6.94. The number of carbonyl (C=O) groups excluding carboxylic acids is 1. The van der Waals surface area contributed by atoms with E-state index in [4.69, 9.17) is 0 Å². The van der Waals surface area contributed by atoms with Crippen LogP contribution in [0.2, 0.25) is 0 Å². The quantitative estimate of drug-likeness (QED) is 0.0770. The van der Waals surface area contributed by atoms with Crippen LogP contribution in [0.1, 0.15) is 155 Å². The maximum Gasteiger partial charge on any atom is 0.220 e. The van der Waals surface area contributed by atoms with E-state index in [1.54, 1.807) is 6.08 Å². The van der Waals surface area contributed by atoms with Gasteiger partial charge in [0.25, 0.3) is 0 Å². The van der Waals surface area contributed by atoms with Crippen molar-refractivity contribution in [3.63, 3.8) is 0 Å². The smallest absolute Gasteiger partial charge is 0.220 e. The highest BCUT2D eigenvalue weighted by molar-refractivity contribution is 5.76. The summed E-state index contributed by atoms with van der Waals surface area (Å²) in [7, 11) is 0. The van der Waals surface area contributed by atoms with Crippen LogP contribution in [0.4, 0.5) is 0 Å². The van der Waals surface area contributed by atoms with E-state index in [1.165, 1.54) is 96.3 Å². The molecule has 0 heterocycles. The number of aliphatic hydroxyl groups excluding tert-OH is 2. The first kappa shape index (κ1) is 34.9. The lowest BCUT2D eigenvalue weighted by Crippen LogP contribution is -2.45. The maximum absolute atomic E-state index is 11.9. The number of aliphatic hydroxyl groups is 2. The van der Waals surface area contributed by atoms with Gasteiger partial charge < -0.3 is 15.5 Å². The van der Waals surface area contributed by atoms with Crippen LogP contribution < -0.4 is 5.32 Å².